The van der Waals surface area contributed by atoms with Crippen LogP contribution in [0.4, 0.5) is 0 Å². The zero-order valence-corrected chi connectivity index (χ0v) is 8.37. The Hall–Kier alpha value is -0.590. The van der Waals surface area contributed by atoms with E-state index < -0.39 is 0 Å². The molecule has 0 aromatic carbocycles. The molecule has 4 heteroatoms. The molecule has 2 nitrogen and oxygen atoms in total. The highest BCUT2D eigenvalue weighted by Crippen LogP contribution is 2.19. The first-order valence-electron chi connectivity index (χ1n) is 3.66. The molecule has 0 amide bonds. The van der Waals surface area contributed by atoms with Crippen molar-refractivity contribution in [2.45, 2.75) is 19.8 Å². The van der Waals surface area contributed by atoms with E-state index in [1.165, 1.54) is 4.88 Å². The van der Waals surface area contributed by atoms with Gasteiger partial charge < -0.3 is 0 Å². The van der Waals surface area contributed by atoms with Crippen LogP contribution in [0.2, 0.25) is 0 Å². The summed E-state index contributed by atoms with van der Waals surface area (Å²) in [5.41, 5.74) is 1.02. The van der Waals surface area contributed by atoms with E-state index in [0.717, 1.165) is 17.1 Å². The van der Waals surface area contributed by atoms with Crippen molar-refractivity contribution in [3.8, 4) is 6.07 Å². The molecule has 0 radical (unpaired) electrons. The summed E-state index contributed by atoms with van der Waals surface area (Å²) in [4.78, 5) is 5.46. The minimum absolute atomic E-state index is 0.411. The highest BCUT2D eigenvalue weighted by atomic mass is 35.5. The predicted molar refractivity (Wildman–Crippen MR) is 50.6 cm³/mol. The van der Waals surface area contributed by atoms with Gasteiger partial charge >= 0.3 is 0 Å². The maximum atomic E-state index is 8.44. The van der Waals surface area contributed by atoms with Crippen molar-refractivity contribution in [3.05, 3.63) is 15.6 Å². The van der Waals surface area contributed by atoms with E-state index >= 15 is 0 Å². The first-order valence-corrected chi connectivity index (χ1v) is 5.01. The molecule has 1 aromatic heterocycles. The van der Waals surface area contributed by atoms with E-state index in [0.29, 0.717) is 12.3 Å². The Labute approximate surface area is 80.8 Å². The summed E-state index contributed by atoms with van der Waals surface area (Å²) < 4.78 is 0. The summed E-state index contributed by atoms with van der Waals surface area (Å²) >= 11 is 7.20. The predicted octanol–water partition coefficient (Wildman–Crippen LogP) is 2.30. The minimum Gasteiger partial charge on any atom is -0.245 e. The molecular weight excluding hydrogens is 192 g/mol. The lowest BCUT2D eigenvalue weighted by molar-refractivity contribution is 1.09. The lowest BCUT2D eigenvalue weighted by Gasteiger charge is -1.89. The van der Waals surface area contributed by atoms with Crippen LogP contribution in [0.25, 0.3) is 0 Å². The van der Waals surface area contributed by atoms with Crippen LogP contribution in [0.15, 0.2) is 0 Å². The third kappa shape index (κ3) is 2.20. The fraction of sp³-hybridized carbons (Fsp3) is 0.500. The van der Waals surface area contributed by atoms with Crippen LogP contribution < -0.4 is 0 Å². The third-order valence-corrected chi connectivity index (χ3v) is 2.89. The van der Waals surface area contributed by atoms with Crippen LogP contribution in [0.1, 0.15) is 15.6 Å². The molecule has 0 unspecified atom stereocenters. The number of alkyl halides is 1. The van der Waals surface area contributed by atoms with Crippen molar-refractivity contribution >= 4 is 22.9 Å². The molecule has 0 fully saturated rings. The second-order valence-corrected chi connectivity index (χ2v) is 3.94. The SMILES string of the molecule is Cc1nc(CC#N)sc1CCCl. The Kier molecular flexibility index (Phi) is 3.51. The number of aromatic nitrogens is 1. The first-order chi connectivity index (χ1) is 5.77. The van der Waals surface area contributed by atoms with E-state index in [4.69, 9.17) is 16.9 Å². The topological polar surface area (TPSA) is 36.7 Å². The van der Waals surface area contributed by atoms with E-state index in [2.05, 4.69) is 11.1 Å². The molecule has 12 heavy (non-hydrogen) atoms. The van der Waals surface area contributed by atoms with Gasteiger partial charge in [0.1, 0.15) is 5.01 Å². The fourth-order valence-electron chi connectivity index (χ4n) is 0.949. The molecule has 64 valence electrons. The van der Waals surface area contributed by atoms with Crippen LogP contribution in [-0.4, -0.2) is 10.9 Å². The van der Waals surface area contributed by atoms with E-state index in [9.17, 15) is 0 Å². The molecule has 1 rings (SSSR count). The maximum Gasteiger partial charge on any atom is 0.107 e. The number of hydrogen-bond acceptors (Lipinski definition) is 3. The summed E-state index contributed by atoms with van der Waals surface area (Å²) in [6.45, 7) is 1.96. The summed E-state index contributed by atoms with van der Waals surface area (Å²) in [6.07, 6.45) is 1.27. The van der Waals surface area contributed by atoms with Gasteiger partial charge in [0, 0.05) is 10.8 Å². The molecule has 0 atom stereocenters. The quantitative estimate of drug-likeness (QED) is 0.703. The second kappa shape index (κ2) is 4.44. The average molecular weight is 201 g/mol. The van der Waals surface area contributed by atoms with Crippen molar-refractivity contribution in [3.63, 3.8) is 0 Å². The van der Waals surface area contributed by atoms with Crippen LogP contribution in [0.3, 0.4) is 0 Å². The average Bonchev–Trinajstić information content (AvgIpc) is 2.34. The smallest absolute Gasteiger partial charge is 0.107 e. The van der Waals surface area contributed by atoms with Gasteiger partial charge in [-0.2, -0.15) is 5.26 Å². The Morgan fingerprint density at radius 2 is 2.42 bits per heavy atom. The van der Waals surface area contributed by atoms with Gasteiger partial charge in [-0.1, -0.05) is 0 Å². The minimum atomic E-state index is 0.411. The highest BCUT2D eigenvalue weighted by molar-refractivity contribution is 7.11. The number of aryl methyl sites for hydroxylation is 2. The van der Waals surface area contributed by atoms with Gasteiger partial charge in [-0.05, 0) is 13.3 Å². The van der Waals surface area contributed by atoms with Crippen molar-refractivity contribution < 1.29 is 0 Å². The fourth-order valence-corrected chi connectivity index (χ4v) is 2.25. The van der Waals surface area contributed by atoms with Crippen LogP contribution in [0.5, 0.6) is 0 Å². The Morgan fingerprint density at radius 3 is 3.00 bits per heavy atom. The van der Waals surface area contributed by atoms with Crippen LogP contribution >= 0.6 is 22.9 Å². The maximum absolute atomic E-state index is 8.44. The number of rotatable bonds is 3. The molecule has 0 aliphatic heterocycles. The Morgan fingerprint density at radius 1 is 1.67 bits per heavy atom. The zero-order valence-electron chi connectivity index (χ0n) is 6.80. The lowest BCUT2D eigenvalue weighted by Crippen LogP contribution is -1.84. The summed E-state index contributed by atoms with van der Waals surface area (Å²) in [5, 5.41) is 9.34. The van der Waals surface area contributed by atoms with Crippen molar-refractivity contribution in [1.82, 2.24) is 4.98 Å². The molecule has 0 saturated carbocycles. The molecule has 0 aliphatic rings. The van der Waals surface area contributed by atoms with Gasteiger partial charge in [0.15, 0.2) is 0 Å². The largest absolute Gasteiger partial charge is 0.245 e. The Bertz CT molecular complexity index is 300. The van der Waals surface area contributed by atoms with Crippen LogP contribution in [-0.2, 0) is 12.8 Å². The number of hydrogen-bond donors (Lipinski definition) is 0. The zero-order chi connectivity index (χ0) is 8.97. The van der Waals surface area contributed by atoms with Gasteiger partial charge in [-0.15, -0.1) is 22.9 Å². The van der Waals surface area contributed by atoms with Gasteiger partial charge in [0.2, 0.25) is 0 Å². The van der Waals surface area contributed by atoms with E-state index in [-0.39, 0.29) is 0 Å². The van der Waals surface area contributed by atoms with E-state index in [1.807, 2.05) is 6.92 Å². The number of halogens is 1. The molecular formula is C8H9ClN2S. The molecule has 0 N–H and O–H groups in total. The van der Waals surface area contributed by atoms with Gasteiger partial charge in [0.05, 0.1) is 18.2 Å². The number of nitrogens with zero attached hydrogens (tertiary/aromatic N) is 2. The molecule has 0 bridgehead atoms. The molecule has 1 heterocycles. The first kappa shape index (κ1) is 9.50. The van der Waals surface area contributed by atoms with Crippen molar-refractivity contribution in [1.29, 1.82) is 5.26 Å². The second-order valence-electron chi connectivity index (χ2n) is 2.39. The third-order valence-electron chi connectivity index (χ3n) is 1.49. The van der Waals surface area contributed by atoms with E-state index in [1.54, 1.807) is 11.3 Å². The lowest BCUT2D eigenvalue weighted by atomic mass is 10.3. The Balaban J connectivity index is 2.79. The van der Waals surface area contributed by atoms with Crippen molar-refractivity contribution in [2.24, 2.45) is 0 Å². The van der Waals surface area contributed by atoms with Gasteiger partial charge in [-0.25, -0.2) is 4.98 Å². The normalized spacial score (nSPS) is 9.75. The number of thiazole rings is 1. The highest BCUT2D eigenvalue weighted by Gasteiger charge is 2.05. The standard InChI is InChI=1S/C8H9ClN2S/c1-6-7(2-4-9)12-8(11-6)3-5-10/h2-4H2,1H3. The summed E-state index contributed by atoms with van der Waals surface area (Å²) in [5.74, 6) is 0.620. The molecule has 0 saturated heterocycles. The van der Waals surface area contributed by atoms with Gasteiger partial charge in [-0.3, -0.25) is 0 Å². The summed E-state index contributed by atoms with van der Waals surface area (Å²) in [7, 11) is 0. The summed E-state index contributed by atoms with van der Waals surface area (Å²) in [6, 6.07) is 2.08. The van der Waals surface area contributed by atoms with Gasteiger partial charge in [0.25, 0.3) is 0 Å². The van der Waals surface area contributed by atoms with Crippen LogP contribution in [0, 0.1) is 18.3 Å². The van der Waals surface area contributed by atoms with Crippen molar-refractivity contribution in [2.75, 3.05) is 5.88 Å². The monoisotopic (exact) mass is 200 g/mol. The number of nitriles is 1. The molecule has 0 aliphatic carbocycles. The molecule has 0 spiro atoms. The molecule has 1 aromatic rings.